The van der Waals surface area contributed by atoms with Crippen molar-refractivity contribution < 1.29 is 19.4 Å². The third-order valence-electron chi connectivity index (χ3n) is 2.91. The molecular weight excluding hydrogens is 224 g/mol. The van der Waals surface area contributed by atoms with Gasteiger partial charge in [0.05, 0.1) is 12.5 Å². The Labute approximate surface area is 101 Å². The summed E-state index contributed by atoms with van der Waals surface area (Å²) in [7, 11) is 1.59. The number of carboxylic acid groups (broad SMARTS) is 1. The normalized spacial score (nSPS) is 15.9. The summed E-state index contributed by atoms with van der Waals surface area (Å²) >= 11 is 0. The molecule has 0 aliphatic carbocycles. The number of carbonyl (C=O) groups is 2. The lowest BCUT2D eigenvalue weighted by Gasteiger charge is -2.41. The van der Waals surface area contributed by atoms with Crippen LogP contribution in [-0.4, -0.2) is 66.3 Å². The van der Waals surface area contributed by atoms with Crippen molar-refractivity contribution in [2.75, 3.05) is 33.4 Å². The van der Waals surface area contributed by atoms with Crippen LogP contribution in [0.1, 0.15) is 13.8 Å². The molecule has 1 aliphatic rings. The fourth-order valence-electron chi connectivity index (χ4n) is 1.74. The van der Waals surface area contributed by atoms with E-state index in [1.807, 2.05) is 13.8 Å². The van der Waals surface area contributed by atoms with Crippen LogP contribution in [0.3, 0.4) is 0 Å². The van der Waals surface area contributed by atoms with E-state index in [0.717, 1.165) is 0 Å². The second-order valence-electron chi connectivity index (χ2n) is 4.50. The third-order valence-corrected chi connectivity index (χ3v) is 2.91. The molecular formula is C11H20N2O4. The van der Waals surface area contributed by atoms with E-state index < -0.39 is 11.9 Å². The standard InChI is InChI=1S/C11H20N2O4/c1-8(2)13(4-5-17-3)11(16)12-6-9(7-12)10(14)15/h8-9H,4-7H2,1-3H3,(H,14,15). The third kappa shape index (κ3) is 3.33. The maximum absolute atomic E-state index is 12.0. The van der Waals surface area contributed by atoms with Crippen LogP contribution in [-0.2, 0) is 9.53 Å². The van der Waals surface area contributed by atoms with Gasteiger partial charge in [0.25, 0.3) is 0 Å². The summed E-state index contributed by atoms with van der Waals surface area (Å²) in [6, 6.07) is -0.0175. The lowest BCUT2D eigenvalue weighted by molar-refractivity contribution is -0.146. The number of carboxylic acids is 1. The van der Waals surface area contributed by atoms with Gasteiger partial charge in [-0.05, 0) is 13.8 Å². The highest BCUT2D eigenvalue weighted by atomic mass is 16.5. The van der Waals surface area contributed by atoms with Crippen LogP contribution >= 0.6 is 0 Å². The molecule has 0 aromatic heterocycles. The van der Waals surface area contributed by atoms with Crippen molar-refractivity contribution in [1.29, 1.82) is 0 Å². The minimum absolute atomic E-state index is 0.0847. The molecule has 1 saturated heterocycles. The Balaban J connectivity index is 2.47. The van der Waals surface area contributed by atoms with E-state index in [0.29, 0.717) is 26.2 Å². The number of hydrogen-bond acceptors (Lipinski definition) is 3. The lowest BCUT2D eigenvalue weighted by atomic mass is 10.0. The summed E-state index contributed by atoms with van der Waals surface area (Å²) < 4.78 is 4.96. The molecule has 0 aromatic rings. The van der Waals surface area contributed by atoms with Gasteiger partial charge in [-0.25, -0.2) is 4.79 Å². The zero-order valence-electron chi connectivity index (χ0n) is 10.5. The van der Waals surface area contributed by atoms with E-state index in [1.165, 1.54) is 0 Å². The zero-order chi connectivity index (χ0) is 13.0. The molecule has 0 saturated carbocycles. The van der Waals surface area contributed by atoms with Crippen molar-refractivity contribution in [2.45, 2.75) is 19.9 Å². The molecule has 0 unspecified atom stereocenters. The number of nitrogens with zero attached hydrogens (tertiary/aromatic N) is 2. The topological polar surface area (TPSA) is 70.1 Å². The Morgan fingerprint density at radius 3 is 2.47 bits per heavy atom. The predicted octanol–water partition coefficient (Wildman–Crippen LogP) is 0.480. The van der Waals surface area contributed by atoms with Gasteiger partial charge in [-0.2, -0.15) is 0 Å². The van der Waals surface area contributed by atoms with Crippen LogP contribution in [0.5, 0.6) is 0 Å². The van der Waals surface area contributed by atoms with Crippen molar-refractivity contribution in [1.82, 2.24) is 9.80 Å². The Hall–Kier alpha value is -1.30. The Kier molecular flexibility index (Phi) is 4.74. The van der Waals surface area contributed by atoms with Crippen LogP contribution in [0.15, 0.2) is 0 Å². The second-order valence-corrected chi connectivity index (χ2v) is 4.50. The molecule has 0 aromatic carbocycles. The van der Waals surface area contributed by atoms with Crippen molar-refractivity contribution in [3.05, 3.63) is 0 Å². The molecule has 1 fully saturated rings. The molecule has 1 heterocycles. The smallest absolute Gasteiger partial charge is 0.320 e. The average molecular weight is 244 g/mol. The lowest BCUT2D eigenvalue weighted by Crippen LogP contribution is -2.58. The van der Waals surface area contributed by atoms with Crippen molar-refractivity contribution in [3.8, 4) is 0 Å². The number of likely N-dealkylation sites (tertiary alicyclic amines) is 1. The van der Waals surface area contributed by atoms with E-state index in [-0.39, 0.29) is 12.1 Å². The summed E-state index contributed by atoms with van der Waals surface area (Å²) in [5.74, 6) is -1.24. The molecule has 6 nitrogen and oxygen atoms in total. The highest BCUT2D eigenvalue weighted by Gasteiger charge is 2.37. The maximum atomic E-state index is 12.0. The van der Waals surface area contributed by atoms with Gasteiger partial charge < -0.3 is 19.6 Å². The van der Waals surface area contributed by atoms with Crippen molar-refractivity contribution >= 4 is 12.0 Å². The number of amides is 2. The van der Waals surface area contributed by atoms with Crippen molar-refractivity contribution in [2.24, 2.45) is 5.92 Å². The summed E-state index contributed by atoms with van der Waals surface area (Å²) in [6.07, 6.45) is 0. The molecule has 0 spiro atoms. The molecule has 98 valence electrons. The number of ether oxygens (including phenoxy) is 1. The average Bonchev–Trinajstić information content (AvgIpc) is 2.14. The van der Waals surface area contributed by atoms with Gasteiger partial charge in [-0.1, -0.05) is 0 Å². The van der Waals surface area contributed by atoms with Gasteiger partial charge in [0.1, 0.15) is 0 Å². The molecule has 1 rings (SSSR count). The second kappa shape index (κ2) is 5.86. The molecule has 1 aliphatic heterocycles. The van der Waals surface area contributed by atoms with Gasteiger partial charge in [0.2, 0.25) is 0 Å². The Morgan fingerprint density at radius 1 is 1.47 bits per heavy atom. The van der Waals surface area contributed by atoms with E-state index in [4.69, 9.17) is 9.84 Å². The highest BCUT2D eigenvalue weighted by Crippen LogP contribution is 2.18. The van der Waals surface area contributed by atoms with E-state index in [9.17, 15) is 9.59 Å². The Morgan fingerprint density at radius 2 is 2.06 bits per heavy atom. The Bertz CT molecular complexity index is 287. The van der Waals surface area contributed by atoms with Gasteiger partial charge in [0.15, 0.2) is 0 Å². The monoisotopic (exact) mass is 244 g/mol. The summed E-state index contributed by atoms with van der Waals surface area (Å²) in [5, 5.41) is 8.75. The first-order valence-corrected chi connectivity index (χ1v) is 5.74. The van der Waals surface area contributed by atoms with Crippen LogP contribution in [0, 0.1) is 5.92 Å². The summed E-state index contributed by atoms with van der Waals surface area (Å²) in [4.78, 5) is 26.0. The fourth-order valence-corrected chi connectivity index (χ4v) is 1.74. The van der Waals surface area contributed by atoms with Crippen LogP contribution in [0.2, 0.25) is 0 Å². The summed E-state index contributed by atoms with van der Waals surface area (Å²) in [5.41, 5.74) is 0. The minimum Gasteiger partial charge on any atom is -0.481 e. The maximum Gasteiger partial charge on any atom is 0.320 e. The number of rotatable bonds is 5. The predicted molar refractivity (Wildman–Crippen MR) is 61.8 cm³/mol. The van der Waals surface area contributed by atoms with Gasteiger partial charge in [-0.3, -0.25) is 4.79 Å². The number of aliphatic carboxylic acids is 1. The summed E-state index contributed by atoms with van der Waals surface area (Å²) in [6.45, 7) is 5.50. The number of urea groups is 1. The quantitative estimate of drug-likeness (QED) is 0.763. The molecule has 1 N–H and O–H groups in total. The fraction of sp³-hybridized carbons (Fsp3) is 0.818. The first-order valence-electron chi connectivity index (χ1n) is 5.74. The van der Waals surface area contributed by atoms with E-state index in [2.05, 4.69) is 0 Å². The van der Waals surface area contributed by atoms with Gasteiger partial charge >= 0.3 is 12.0 Å². The molecule has 17 heavy (non-hydrogen) atoms. The minimum atomic E-state index is -0.831. The first-order chi connectivity index (χ1) is 7.97. The molecule has 0 bridgehead atoms. The van der Waals surface area contributed by atoms with E-state index >= 15 is 0 Å². The molecule has 0 radical (unpaired) electrons. The van der Waals surface area contributed by atoms with Gasteiger partial charge in [0, 0.05) is 32.8 Å². The van der Waals surface area contributed by atoms with Crippen LogP contribution in [0.25, 0.3) is 0 Å². The van der Waals surface area contributed by atoms with Gasteiger partial charge in [-0.15, -0.1) is 0 Å². The molecule has 6 heteroatoms. The highest BCUT2D eigenvalue weighted by molar-refractivity contribution is 5.80. The largest absolute Gasteiger partial charge is 0.481 e. The number of carbonyl (C=O) groups excluding carboxylic acids is 1. The zero-order valence-corrected chi connectivity index (χ0v) is 10.5. The van der Waals surface area contributed by atoms with E-state index in [1.54, 1.807) is 16.9 Å². The van der Waals surface area contributed by atoms with Crippen molar-refractivity contribution in [3.63, 3.8) is 0 Å². The van der Waals surface area contributed by atoms with Crippen LogP contribution < -0.4 is 0 Å². The SMILES string of the molecule is COCCN(C(=O)N1CC(C(=O)O)C1)C(C)C. The molecule has 0 atom stereocenters. The number of hydrogen-bond donors (Lipinski definition) is 1. The van der Waals surface area contributed by atoms with Crippen LogP contribution in [0.4, 0.5) is 4.79 Å². The molecule has 2 amide bonds. The first kappa shape index (κ1) is 13.8. The number of methoxy groups -OCH3 is 1.